The summed E-state index contributed by atoms with van der Waals surface area (Å²) in [4.78, 5) is 6.41. The lowest BCUT2D eigenvalue weighted by Gasteiger charge is -2.03. The predicted octanol–water partition coefficient (Wildman–Crippen LogP) is -0.724. The van der Waals surface area contributed by atoms with Crippen LogP contribution in [-0.4, -0.2) is 31.0 Å². The molecule has 0 aliphatic rings. The van der Waals surface area contributed by atoms with Gasteiger partial charge in [0.25, 0.3) is 0 Å². The maximum Gasteiger partial charge on any atom is 0.320 e. The Labute approximate surface area is 73.2 Å². The van der Waals surface area contributed by atoms with E-state index >= 15 is 0 Å². The van der Waals surface area contributed by atoms with Crippen LogP contribution in [0.1, 0.15) is 12.5 Å². The number of aromatic nitrogens is 2. The lowest BCUT2D eigenvalue weighted by Crippen LogP contribution is -2.02. The van der Waals surface area contributed by atoms with Crippen LogP contribution in [0.3, 0.4) is 0 Å². The molecule has 7 heteroatoms. The summed E-state index contributed by atoms with van der Waals surface area (Å²) in [5.74, 6) is 3.78. The molecule has 1 rings (SSSR count). The second-order valence-electron chi connectivity index (χ2n) is 2.26. The highest BCUT2D eigenvalue weighted by Gasteiger charge is 2.15. The summed E-state index contributed by atoms with van der Waals surface area (Å²) in [5.41, 5.74) is 0.0651. The van der Waals surface area contributed by atoms with Gasteiger partial charge in [-0.3, -0.25) is 0 Å². The van der Waals surface area contributed by atoms with Gasteiger partial charge in [-0.1, -0.05) is 0 Å². The van der Waals surface area contributed by atoms with Gasteiger partial charge >= 0.3 is 6.01 Å². The Hall–Kier alpha value is -2.05. The van der Waals surface area contributed by atoms with Gasteiger partial charge in [0.1, 0.15) is 5.56 Å². The lowest BCUT2D eigenvalue weighted by atomic mass is 10.2. The Morgan fingerprint density at radius 3 is 2.08 bits per heavy atom. The quantitative estimate of drug-likeness (QED) is 0.259. The van der Waals surface area contributed by atoms with Crippen molar-refractivity contribution in [2.45, 2.75) is 6.92 Å². The van der Waals surface area contributed by atoms with E-state index < -0.39 is 17.8 Å². The molecule has 0 aliphatic heterocycles. The smallest absolute Gasteiger partial charge is 0.320 e. The van der Waals surface area contributed by atoms with E-state index in [2.05, 4.69) is 15.1 Å². The molecule has 70 valence electrons. The SMILES string of the molecule is CC(=NN)c1c(O)nc(O)nc1O. The molecular formula is C6H8N4O3. The molecule has 1 heterocycles. The van der Waals surface area contributed by atoms with Gasteiger partial charge < -0.3 is 21.2 Å². The van der Waals surface area contributed by atoms with E-state index in [1.165, 1.54) is 6.92 Å². The van der Waals surface area contributed by atoms with Gasteiger partial charge in [0.05, 0.1) is 5.71 Å². The third kappa shape index (κ3) is 1.58. The number of hydrogen-bond donors (Lipinski definition) is 4. The molecule has 0 bridgehead atoms. The summed E-state index contributed by atoms with van der Waals surface area (Å²) in [5, 5.41) is 30.3. The zero-order chi connectivity index (χ0) is 10.0. The maximum absolute atomic E-state index is 9.17. The van der Waals surface area contributed by atoms with Crippen LogP contribution in [0.25, 0.3) is 0 Å². The molecule has 7 nitrogen and oxygen atoms in total. The highest BCUT2D eigenvalue weighted by atomic mass is 16.3. The topological polar surface area (TPSA) is 125 Å². The van der Waals surface area contributed by atoms with Gasteiger partial charge in [0, 0.05) is 0 Å². The van der Waals surface area contributed by atoms with Crippen LogP contribution in [0.15, 0.2) is 5.10 Å². The second kappa shape index (κ2) is 3.13. The van der Waals surface area contributed by atoms with Crippen LogP contribution in [0.4, 0.5) is 0 Å². The Balaban J connectivity index is 3.37. The molecule has 0 aliphatic carbocycles. The molecule has 0 aromatic carbocycles. The Kier molecular flexibility index (Phi) is 2.18. The van der Waals surface area contributed by atoms with Crippen molar-refractivity contribution in [2.75, 3.05) is 0 Å². The number of rotatable bonds is 1. The number of aromatic hydroxyl groups is 3. The zero-order valence-corrected chi connectivity index (χ0v) is 6.76. The number of nitrogens with zero attached hydrogens (tertiary/aromatic N) is 3. The van der Waals surface area contributed by atoms with Gasteiger partial charge in [-0.05, 0) is 6.92 Å². The monoisotopic (exact) mass is 184 g/mol. The molecule has 0 spiro atoms. The molecule has 0 amide bonds. The van der Waals surface area contributed by atoms with Crippen LogP contribution >= 0.6 is 0 Å². The fourth-order valence-electron chi connectivity index (χ4n) is 0.814. The van der Waals surface area contributed by atoms with Crippen molar-refractivity contribution in [2.24, 2.45) is 10.9 Å². The average Bonchev–Trinajstić information content (AvgIpc) is 2.02. The largest absolute Gasteiger partial charge is 0.493 e. The second-order valence-corrected chi connectivity index (χ2v) is 2.26. The number of nitrogens with two attached hydrogens (primary N) is 1. The van der Waals surface area contributed by atoms with Crippen LogP contribution in [-0.2, 0) is 0 Å². The van der Waals surface area contributed by atoms with Crippen molar-refractivity contribution in [3.8, 4) is 17.8 Å². The van der Waals surface area contributed by atoms with E-state index in [-0.39, 0.29) is 11.3 Å². The fraction of sp³-hybridized carbons (Fsp3) is 0.167. The first-order valence-corrected chi connectivity index (χ1v) is 3.30. The summed E-state index contributed by atoms with van der Waals surface area (Å²) in [7, 11) is 0. The maximum atomic E-state index is 9.17. The summed E-state index contributed by atoms with van der Waals surface area (Å²) in [6, 6.07) is -0.719. The molecule has 1 aromatic rings. The molecule has 0 saturated heterocycles. The van der Waals surface area contributed by atoms with Crippen molar-refractivity contribution >= 4 is 5.71 Å². The number of hydrazone groups is 1. The van der Waals surface area contributed by atoms with Crippen LogP contribution in [0.5, 0.6) is 17.8 Å². The first-order chi connectivity index (χ1) is 6.06. The summed E-state index contributed by atoms with van der Waals surface area (Å²) < 4.78 is 0. The average molecular weight is 184 g/mol. The molecule has 0 unspecified atom stereocenters. The molecule has 5 N–H and O–H groups in total. The van der Waals surface area contributed by atoms with Gasteiger partial charge in [-0.15, -0.1) is 0 Å². The molecular weight excluding hydrogens is 176 g/mol. The van der Waals surface area contributed by atoms with Gasteiger partial charge in [-0.2, -0.15) is 15.1 Å². The van der Waals surface area contributed by atoms with Crippen molar-refractivity contribution in [1.82, 2.24) is 9.97 Å². The van der Waals surface area contributed by atoms with E-state index in [4.69, 9.17) is 21.2 Å². The van der Waals surface area contributed by atoms with Crippen LogP contribution < -0.4 is 5.84 Å². The summed E-state index contributed by atoms with van der Waals surface area (Å²) >= 11 is 0. The molecule has 0 fully saturated rings. The number of hydrogen-bond acceptors (Lipinski definition) is 7. The summed E-state index contributed by atoms with van der Waals surface area (Å²) in [6.07, 6.45) is 0. The first kappa shape index (κ1) is 9.04. The van der Waals surface area contributed by atoms with Crippen molar-refractivity contribution in [3.63, 3.8) is 0 Å². The lowest BCUT2D eigenvalue weighted by molar-refractivity contribution is 0.370. The standard InChI is InChI=1S/C6H8N4O3/c1-2(10-7)3-4(11)8-6(13)9-5(3)12/h7H2,1H3,(H3,8,9,11,12,13). The molecule has 0 radical (unpaired) electrons. The third-order valence-corrected chi connectivity index (χ3v) is 1.41. The minimum absolute atomic E-state index is 0.0969. The Morgan fingerprint density at radius 2 is 1.69 bits per heavy atom. The minimum atomic E-state index is -0.719. The van der Waals surface area contributed by atoms with Crippen molar-refractivity contribution < 1.29 is 15.3 Å². The van der Waals surface area contributed by atoms with E-state index in [9.17, 15) is 0 Å². The molecule has 1 aromatic heterocycles. The Bertz CT molecular complexity index is 340. The van der Waals surface area contributed by atoms with E-state index in [1.54, 1.807) is 0 Å². The summed E-state index contributed by atoms with van der Waals surface area (Å²) in [6.45, 7) is 1.45. The minimum Gasteiger partial charge on any atom is -0.493 e. The third-order valence-electron chi connectivity index (χ3n) is 1.41. The zero-order valence-electron chi connectivity index (χ0n) is 6.76. The van der Waals surface area contributed by atoms with Crippen LogP contribution in [0, 0.1) is 0 Å². The predicted molar refractivity (Wildman–Crippen MR) is 43.4 cm³/mol. The van der Waals surface area contributed by atoms with Crippen LogP contribution in [0.2, 0.25) is 0 Å². The normalized spacial score (nSPS) is 11.6. The molecule has 13 heavy (non-hydrogen) atoms. The van der Waals surface area contributed by atoms with Gasteiger partial charge in [0.2, 0.25) is 11.8 Å². The Morgan fingerprint density at radius 1 is 1.23 bits per heavy atom. The first-order valence-electron chi connectivity index (χ1n) is 3.30. The molecule has 0 atom stereocenters. The van der Waals surface area contributed by atoms with Gasteiger partial charge in [0.15, 0.2) is 0 Å². The van der Waals surface area contributed by atoms with E-state index in [1.807, 2.05) is 0 Å². The highest BCUT2D eigenvalue weighted by molar-refractivity contribution is 6.02. The van der Waals surface area contributed by atoms with Gasteiger partial charge in [-0.25, -0.2) is 0 Å². The van der Waals surface area contributed by atoms with E-state index in [0.717, 1.165) is 0 Å². The van der Waals surface area contributed by atoms with Crippen molar-refractivity contribution in [3.05, 3.63) is 5.56 Å². The highest BCUT2D eigenvalue weighted by Crippen LogP contribution is 2.25. The van der Waals surface area contributed by atoms with Crippen molar-refractivity contribution in [1.29, 1.82) is 0 Å². The molecule has 0 saturated carbocycles. The fourth-order valence-corrected chi connectivity index (χ4v) is 0.814. The van der Waals surface area contributed by atoms with E-state index in [0.29, 0.717) is 0 Å².